The number of rotatable bonds is 5. The van der Waals surface area contributed by atoms with Crippen molar-refractivity contribution in [3.05, 3.63) is 42.5 Å². The molecule has 1 aromatic heterocycles. The zero-order valence-corrected chi connectivity index (χ0v) is 16.5. The van der Waals surface area contributed by atoms with Crippen molar-refractivity contribution in [2.45, 2.75) is 4.90 Å². The molecule has 0 N–H and O–H groups in total. The highest BCUT2D eigenvalue weighted by molar-refractivity contribution is 7.89. The van der Waals surface area contributed by atoms with Crippen LogP contribution in [0.3, 0.4) is 0 Å². The molecule has 8 nitrogen and oxygen atoms in total. The second kappa shape index (κ2) is 7.33. The van der Waals surface area contributed by atoms with Crippen LogP contribution in [-0.2, 0) is 10.0 Å². The summed E-state index contributed by atoms with van der Waals surface area (Å²) in [7, 11) is -0.769. The molecule has 28 heavy (non-hydrogen) atoms. The minimum absolute atomic E-state index is 0.102. The van der Waals surface area contributed by atoms with Gasteiger partial charge in [0.2, 0.25) is 10.0 Å². The van der Waals surface area contributed by atoms with Gasteiger partial charge in [-0.15, -0.1) is 0 Å². The molecule has 1 aliphatic heterocycles. The lowest BCUT2D eigenvalue weighted by molar-refractivity contribution is 0.364. The third-order valence-electron chi connectivity index (χ3n) is 4.78. The minimum Gasteiger partial charge on any atom is -0.497 e. The van der Waals surface area contributed by atoms with E-state index in [0.29, 0.717) is 49.3 Å². The van der Waals surface area contributed by atoms with Crippen LogP contribution in [0, 0.1) is 0 Å². The highest BCUT2D eigenvalue weighted by Crippen LogP contribution is 2.31. The first kappa shape index (κ1) is 18.6. The van der Waals surface area contributed by atoms with Gasteiger partial charge in [0.05, 0.1) is 14.2 Å². The minimum atomic E-state index is -3.72. The molecule has 0 radical (unpaired) electrons. The van der Waals surface area contributed by atoms with Crippen molar-refractivity contribution < 1.29 is 22.3 Å². The van der Waals surface area contributed by atoms with Crippen LogP contribution < -0.4 is 14.4 Å². The maximum absolute atomic E-state index is 13.2. The normalized spacial score (nSPS) is 15.7. The van der Waals surface area contributed by atoms with Gasteiger partial charge in [0.25, 0.3) is 6.01 Å². The quantitative estimate of drug-likeness (QED) is 0.646. The number of hydrogen-bond acceptors (Lipinski definition) is 7. The number of hydrogen-bond donors (Lipinski definition) is 0. The zero-order valence-electron chi connectivity index (χ0n) is 15.7. The molecule has 0 bridgehead atoms. The lowest BCUT2D eigenvalue weighted by Crippen LogP contribution is -2.48. The van der Waals surface area contributed by atoms with Gasteiger partial charge in [0.15, 0.2) is 5.58 Å². The van der Waals surface area contributed by atoms with Crippen molar-refractivity contribution in [3.63, 3.8) is 0 Å². The maximum Gasteiger partial charge on any atom is 0.298 e. The van der Waals surface area contributed by atoms with Crippen LogP contribution in [0.1, 0.15) is 0 Å². The number of anilines is 1. The number of methoxy groups -OCH3 is 2. The van der Waals surface area contributed by atoms with Crippen LogP contribution in [-0.4, -0.2) is 58.1 Å². The Bertz CT molecular complexity index is 1050. The largest absolute Gasteiger partial charge is 0.497 e. The Hall–Kier alpha value is -2.78. The lowest BCUT2D eigenvalue weighted by atomic mass is 10.3. The third kappa shape index (κ3) is 3.27. The van der Waals surface area contributed by atoms with Gasteiger partial charge in [-0.25, -0.2) is 8.42 Å². The van der Waals surface area contributed by atoms with Gasteiger partial charge < -0.3 is 18.8 Å². The first-order chi connectivity index (χ1) is 13.5. The number of nitrogens with zero attached hydrogens (tertiary/aromatic N) is 3. The van der Waals surface area contributed by atoms with E-state index in [1.165, 1.54) is 24.6 Å². The predicted molar refractivity (Wildman–Crippen MR) is 105 cm³/mol. The molecule has 2 heterocycles. The van der Waals surface area contributed by atoms with Crippen molar-refractivity contribution in [3.8, 4) is 11.5 Å². The molecule has 1 aliphatic rings. The van der Waals surface area contributed by atoms with Crippen LogP contribution in [0.5, 0.6) is 11.5 Å². The number of oxazole rings is 1. The SMILES string of the molecule is COc1ccc(OC)c(S(=O)(=O)N2CCN(c3nc4ccccc4o3)CC2)c1. The Balaban J connectivity index is 1.54. The Morgan fingerprint density at radius 3 is 2.43 bits per heavy atom. The van der Waals surface area contributed by atoms with Crippen LogP contribution in [0.15, 0.2) is 51.8 Å². The summed E-state index contributed by atoms with van der Waals surface area (Å²) in [5.41, 5.74) is 1.50. The van der Waals surface area contributed by atoms with Crippen LogP contribution in [0.4, 0.5) is 6.01 Å². The van der Waals surface area contributed by atoms with E-state index in [9.17, 15) is 8.42 Å². The highest BCUT2D eigenvalue weighted by Gasteiger charge is 2.32. The summed E-state index contributed by atoms with van der Waals surface area (Å²) in [5.74, 6) is 0.756. The molecule has 4 rings (SSSR count). The Kier molecular flexibility index (Phi) is 4.86. The van der Waals surface area contributed by atoms with Gasteiger partial charge in [-0.3, -0.25) is 0 Å². The molecule has 0 amide bonds. The van der Waals surface area contributed by atoms with Crippen molar-refractivity contribution in [1.29, 1.82) is 0 Å². The molecular formula is C19H21N3O5S. The fourth-order valence-corrected chi connectivity index (χ4v) is 4.83. The van der Waals surface area contributed by atoms with Gasteiger partial charge in [-0.2, -0.15) is 9.29 Å². The number of ether oxygens (including phenoxy) is 2. The number of aromatic nitrogens is 1. The van der Waals surface area contributed by atoms with Crippen LogP contribution >= 0.6 is 0 Å². The molecule has 1 fully saturated rings. The molecule has 2 aromatic carbocycles. The summed E-state index contributed by atoms with van der Waals surface area (Å²) in [6.45, 7) is 1.61. The number of para-hydroxylation sites is 2. The summed E-state index contributed by atoms with van der Waals surface area (Å²) in [6.07, 6.45) is 0. The van der Waals surface area contributed by atoms with E-state index < -0.39 is 10.0 Å². The van der Waals surface area contributed by atoms with Gasteiger partial charge in [0.1, 0.15) is 21.9 Å². The van der Waals surface area contributed by atoms with Gasteiger partial charge >= 0.3 is 0 Å². The van der Waals surface area contributed by atoms with Crippen LogP contribution in [0.25, 0.3) is 11.1 Å². The highest BCUT2D eigenvalue weighted by atomic mass is 32.2. The number of fused-ring (bicyclic) bond motifs is 1. The van der Waals surface area contributed by atoms with E-state index in [0.717, 1.165) is 5.52 Å². The summed E-state index contributed by atoms with van der Waals surface area (Å²) >= 11 is 0. The lowest BCUT2D eigenvalue weighted by Gasteiger charge is -2.33. The molecule has 0 saturated carbocycles. The van der Waals surface area contributed by atoms with Crippen molar-refractivity contribution in [1.82, 2.24) is 9.29 Å². The van der Waals surface area contributed by atoms with Gasteiger partial charge in [0, 0.05) is 32.2 Å². The van der Waals surface area contributed by atoms with Crippen LogP contribution in [0.2, 0.25) is 0 Å². The molecular weight excluding hydrogens is 382 g/mol. The Morgan fingerprint density at radius 1 is 1.00 bits per heavy atom. The number of benzene rings is 2. The Morgan fingerprint density at radius 2 is 1.75 bits per heavy atom. The fourth-order valence-electron chi connectivity index (χ4n) is 3.24. The predicted octanol–water partition coefficient (Wildman–Crippen LogP) is 2.36. The van der Waals surface area contributed by atoms with E-state index in [-0.39, 0.29) is 4.90 Å². The first-order valence-corrected chi connectivity index (χ1v) is 10.3. The summed E-state index contributed by atoms with van der Waals surface area (Å²) in [4.78, 5) is 6.54. The van der Waals surface area contributed by atoms with E-state index in [2.05, 4.69) is 4.98 Å². The van der Waals surface area contributed by atoms with Gasteiger partial charge in [-0.05, 0) is 24.3 Å². The molecule has 1 saturated heterocycles. The van der Waals surface area contributed by atoms with Crippen molar-refractivity contribution in [2.24, 2.45) is 0 Å². The second-order valence-electron chi connectivity index (χ2n) is 6.37. The molecule has 0 spiro atoms. The number of piperazine rings is 1. The zero-order chi connectivity index (χ0) is 19.7. The van der Waals surface area contributed by atoms with Crippen molar-refractivity contribution >= 4 is 27.1 Å². The first-order valence-electron chi connectivity index (χ1n) is 8.85. The summed E-state index contributed by atoms with van der Waals surface area (Å²) in [5, 5.41) is 0. The monoisotopic (exact) mass is 403 g/mol. The smallest absolute Gasteiger partial charge is 0.298 e. The van der Waals surface area contributed by atoms with E-state index in [4.69, 9.17) is 13.9 Å². The van der Waals surface area contributed by atoms with E-state index in [1.807, 2.05) is 29.2 Å². The summed E-state index contributed by atoms with van der Waals surface area (Å²) in [6, 6.07) is 12.8. The Labute approximate surface area is 163 Å². The molecule has 0 atom stereocenters. The average molecular weight is 403 g/mol. The van der Waals surface area contributed by atoms with E-state index >= 15 is 0 Å². The van der Waals surface area contributed by atoms with Crippen molar-refractivity contribution in [2.75, 3.05) is 45.3 Å². The van der Waals surface area contributed by atoms with E-state index in [1.54, 1.807) is 12.1 Å². The molecule has 148 valence electrons. The van der Waals surface area contributed by atoms with Gasteiger partial charge in [-0.1, -0.05) is 12.1 Å². The number of sulfonamides is 1. The average Bonchev–Trinajstić information content (AvgIpc) is 3.17. The molecule has 0 unspecified atom stereocenters. The molecule has 0 aliphatic carbocycles. The maximum atomic E-state index is 13.2. The molecule has 9 heteroatoms. The standard InChI is InChI=1S/C19H21N3O5S/c1-25-14-7-8-17(26-2)18(13-14)28(23,24)22-11-9-21(10-12-22)19-20-15-5-3-4-6-16(15)27-19/h3-8,13H,9-12H2,1-2H3. The fraction of sp³-hybridized carbons (Fsp3) is 0.316. The molecule has 3 aromatic rings. The third-order valence-corrected chi connectivity index (χ3v) is 6.70. The summed E-state index contributed by atoms with van der Waals surface area (Å²) < 4.78 is 44.0. The topological polar surface area (TPSA) is 85.1 Å². The second-order valence-corrected chi connectivity index (χ2v) is 8.28.